The predicted molar refractivity (Wildman–Crippen MR) is 111 cm³/mol. The van der Waals surface area contributed by atoms with Crippen LogP contribution in [0.4, 0.5) is 0 Å². The summed E-state index contributed by atoms with van der Waals surface area (Å²) in [6, 6.07) is 10.6. The molecule has 25 heavy (non-hydrogen) atoms. The minimum absolute atomic E-state index is 0.223. The number of allylic oxidation sites excluding steroid dienone is 3. The third-order valence-electron chi connectivity index (χ3n) is 4.93. The molecule has 1 nitrogen and oxygen atoms in total. The molecule has 0 fully saturated rings. The number of methoxy groups -OCH3 is 1. The minimum Gasteiger partial charge on any atom is -0.381 e. The van der Waals surface area contributed by atoms with E-state index in [1.54, 1.807) is 5.57 Å². The van der Waals surface area contributed by atoms with Crippen molar-refractivity contribution >= 4 is 0 Å². The van der Waals surface area contributed by atoms with Gasteiger partial charge in [0.2, 0.25) is 0 Å². The Morgan fingerprint density at radius 1 is 1.08 bits per heavy atom. The standard InChI is InChI=1S/C24H38O/c1-6-8-9-11-14-22(7-2)18-20(3)17-21(4)24(25-5)19-23-15-12-10-13-16-23/h10,12-13,15-18,21,24H,6-9,11,14,19H2,1-5H3/b20-17+,22-18+/t21-,24-/m0/s1. The van der Waals surface area contributed by atoms with Crippen LogP contribution in [0.15, 0.2) is 53.6 Å². The van der Waals surface area contributed by atoms with E-state index in [1.807, 2.05) is 7.11 Å². The second-order valence-corrected chi connectivity index (χ2v) is 7.20. The van der Waals surface area contributed by atoms with Gasteiger partial charge in [-0.2, -0.15) is 0 Å². The molecule has 0 aliphatic carbocycles. The molecule has 1 heteroatoms. The van der Waals surface area contributed by atoms with Gasteiger partial charge in [-0.1, -0.05) is 93.7 Å². The van der Waals surface area contributed by atoms with Gasteiger partial charge in [0.25, 0.3) is 0 Å². The molecule has 1 aromatic rings. The summed E-state index contributed by atoms with van der Waals surface area (Å²) in [5.74, 6) is 0.402. The summed E-state index contributed by atoms with van der Waals surface area (Å²) in [4.78, 5) is 0. The predicted octanol–water partition coefficient (Wildman–Crippen LogP) is 7.13. The van der Waals surface area contributed by atoms with Crippen molar-refractivity contribution in [2.24, 2.45) is 5.92 Å². The van der Waals surface area contributed by atoms with Crippen LogP contribution in [0.5, 0.6) is 0 Å². The van der Waals surface area contributed by atoms with E-state index in [0.717, 1.165) is 12.8 Å². The Morgan fingerprint density at radius 3 is 2.40 bits per heavy atom. The van der Waals surface area contributed by atoms with Crippen LogP contribution >= 0.6 is 0 Å². The van der Waals surface area contributed by atoms with Crippen molar-refractivity contribution in [2.45, 2.75) is 78.7 Å². The topological polar surface area (TPSA) is 9.23 Å². The fourth-order valence-electron chi connectivity index (χ4n) is 3.35. The molecule has 0 spiro atoms. The van der Waals surface area contributed by atoms with E-state index in [4.69, 9.17) is 4.74 Å². The molecule has 0 unspecified atom stereocenters. The second kappa shape index (κ2) is 12.9. The van der Waals surface area contributed by atoms with Crippen LogP contribution in [-0.2, 0) is 11.2 Å². The first-order valence-corrected chi connectivity index (χ1v) is 10.0. The summed E-state index contributed by atoms with van der Waals surface area (Å²) in [6.45, 7) is 9.04. The van der Waals surface area contributed by atoms with Crippen LogP contribution in [0.2, 0.25) is 0 Å². The zero-order valence-corrected chi connectivity index (χ0v) is 17.1. The molecular formula is C24H38O. The Balaban J connectivity index is 2.64. The van der Waals surface area contributed by atoms with Gasteiger partial charge in [0, 0.05) is 13.0 Å². The SMILES string of the molecule is CCCCCC/C(=C/C(C)=C/[C@H](C)[C@H](Cc1ccccc1)OC)CC. The lowest BCUT2D eigenvalue weighted by molar-refractivity contribution is 0.0745. The lowest BCUT2D eigenvalue weighted by Crippen LogP contribution is -2.22. The van der Waals surface area contributed by atoms with E-state index in [0.29, 0.717) is 5.92 Å². The van der Waals surface area contributed by atoms with Gasteiger partial charge in [-0.25, -0.2) is 0 Å². The van der Waals surface area contributed by atoms with Crippen molar-refractivity contribution in [1.29, 1.82) is 0 Å². The average Bonchev–Trinajstić information content (AvgIpc) is 2.62. The Kier molecular flexibility index (Phi) is 11.2. The lowest BCUT2D eigenvalue weighted by Gasteiger charge is -2.21. The Labute approximate surface area is 156 Å². The van der Waals surface area contributed by atoms with Gasteiger partial charge >= 0.3 is 0 Å². The molecule has 0 bridgehead atoms. The summed E-state index contributed by atoms with van der Waals surface area (Å²) < 4.78 is 5.77. The van der Waals surface area contributed by atoms with Gasteiger partial charge in [0.15, 0.2) is 0 Å². The van der Waals surface area contributed by atoms with Crippen molar-refractivity contribution in [2.75, 3.05) is 7.11 Å². The van der Waals surface area contributed by atoms with Gasteiger partial charge in [-0.3, -0.25) is 0 Å². The van der Waals surface area contributed by atoms with Gasteiger partial charge < -0.3 is 4.74 Å². The highest BCUT2D eigenvalue weighted by Gasteiger charge is 2.15. The normalized spacial score (nSPS) is 15.2. The average molecular weight is 343 g/mol. The van der Waals surface area contributed by atoms with Gasteiger partial charge in [0.1, 0.15) is 0 Å². The van der Waals surface area contributed by atoms with Crippen LogP contribution in [0.25, 0.3) is 0 Å². The molecule has 0 saturated carbocycles. The van der Waals surface area contributed by atoms with Gasteiger partial charge in [-0.05, 0) is 38.2 Å². The maximum absolute atomic E-state index is 5.77. The Bertz CT molecular complexity index is 512. The highest BCUT2D eigenvalue weighted by molar-refractivity contribution is 5.23. The number of hydrogen-bond acceptors (Lipinski definition) is 1. The maximum atomic E-state index is 5.77. The highest BCUT2D eigenvalue weighted by Crippen LogP contribution is 2.19. The molecule has 1 rings (SSSR count). The maximum Gasteiger partial charge on any atom is 0.0671 e. The van der Waals surface area contributed by atoms with Crippen LogP contribution in [0.1, 0.15) is 71.8 Å². The van der Waals surface area contributed by atoms with E-state index >= 15 is 0 Å². The first-order valence-electron chi connectivity index (χ1n) is 10.0. The molecule has 2 atom stereocenters. The first-order chi connectivity index (χ1) is 12.1. The molecule has 140 valence electrons. The third kappa shape index (κ3) is 9.07. The summed E-state index contributed by atoms with van der Waals surface area (Å²) in [5, 5.41) is 0. The van der Waals surface area contributed by atoms with Crippen molar-refractivity contribution in [1.82, 2.24) is 0 Å². The molecule has 0 radical (unpaired) electrons. The number of rotatable bonds is 12. The summed E-state index contributed by atoms with van der Waals surface area (Å²) in [6.07, 6.45) is 13.7. The Morgan fingerprint density at radius 2 is 1.80 bits per heavy atom. The smallest absolute Gasteiger partial charge is 0.0671 e. The molecule has 1 aromatic carbocycles. The molecule has 0 aliphatic heterocycles. The number of hydrogen-bond donors (Lipinski definition) is 0. The molecule has 0 aliphatic rings. The van der Waals surface area contributed by atoms with Gasteiger partial charge in [-0.15, -0.1) is 0 Å². The van der Waals surface area contributed by atoms with Crippen LogP contribution in [-0.4, -0.2) is 13.2 Å². The fourth-order valence-corrected chi connectivity index (χ4v) is 3.35. The summed E-state index contributed by atoms with van der Waals surface area (Å²) in [7, 11) is 1.83. The summed E-state index contributed by atoms with van der Waals surface area (Å²) >= 11 is 0. The number of benzene rings is 1. The molecule has 0 aromatic heterocycles. The number of ether oxygens (including phenoxy) is 1. The lowest BCUT2D eigenvalue weighted by atomic mass is 9.94. The third-order valence-corrected chi connectivity index (χ3v) is 4.93. The molecule has 0 heterocycles. The second-order valence-electron chi connectivity index (χ2n) is 7.20. The molecule has 0 saturated heterocycles. The van der Waals surface area contributed by atoms with E-state index in [2.05, 4.69) is 70.2 Å². The molecular weight excluding hydrogens is 304 g/mol. The minimum atomic E-state index is 0.223. The van der Waals surface area contributed by atoms with E-state index in [-0.39, 0.29) is 6.10 Å². The largest absolute Gasteiger partial charge is 0.381 e. The summed E-state index contributed by atoms with van der Waals surface area (Å²) in [5.41, 5.74) is 4.29. The van der Waals surface area contributed by atoms with Crippen molar-refractivity contribution < 1.29 is 4.74 Å². The van der Waals surface area contributed by atoms with E-state index in [9.17, 15) is 0 Å². The van der Waals surface area contributed by atoms with Crippen molar-refractivity contribution in [3.63, 3.8) is 0 Å². The quantitative estimate of drug-likeness (QED) is 0.290. The van der Waals surface area contributed by atoms with Gasteiger partial charge in [0.05, 0.1) is 6.10 Å². The molecule has 0 amide bonds. The van der Waals surface area contributed by atoms with Crippen LogP contribution in [0, 0.1) is 5.92 Å². The monoisotopic (exact) mass is 342 g/mol. The number of unbranched alkanes of at least 4 members (excludes halogenated alkanes) is 3. The zero-order valence-electron chi connectivity index (χ0n) is 17.1. The Hall–Kier alpha value is -1.34. The first kappa shape index (κ1) is 21.7. The van der Waals surface area contributed by atoms with Crippen LogP contribution < -0.4 is 0 Å². The highest BCUT2D eigenvalue weighted by atomic mass is 16.5. The van der Waals surface area contributed by atoms with Crippen molar-refractivity contribution in [3.05, 3.63) is 59.2 Å². The molecule has 0 N–H and O–H groups in total. The van der Waals surface area contributed by atoms with Crippen molar-refractivity contribution in [3.8, 4) is 0 Å². The van der Waals surface area contributed by atoms with Crippen LogP contribution in [0.3, 0.4) is 0 Å². The van der Waals surface area contributed by atoms with E-state index in [1.165, 1.54) is 43.2 Å². The fraction of sp³-hybridized carbons (Fsp3) is 0.583. The zero-order chi connectivity index (χ0) is 18.5. The van der Waals surface area contributed by atoms with E-state index < -0.39 is 0 Å².